The van der Waals surface area contributed by atoms with Crippen molar-refractivity contribution in [2.24, 2.45) is 16.3 Å². The Kier molecular flexibility index (Phi) is 10.9. The molecule has 7 nitrogen and oxygen atoms in total. The Morgan fingerprint density at radius 1 is 1.02 bits per heavy atom. The quantitative estimate of drug-likeness (QED) is 0.210. The number of hydrogen-bond donors (Lipinski definition) is 2. The lowest BCUT2D eigenvalue weighted by Gasteiger charge is -2.47. The van der Waals surface area contributed by atoms with E-state index in [9.17, 15) is 18.8 Å². The van der Waals surface area contributed by atoms with Crippen LogP contribution >= 0.6 is 11.6 Å². The summed E-state index contributed by atoms with van der Waals surface area (Å²) < 4.78 is 29.9. The van der Waals surface area contributed by atoms with E-state index in [1.807, 2.05) is 17.0 Å². The molecule has 10 heteroatoms. The smallest absolute Gasteiger partial charge is 0.305 e. The van der Waals surface area contributed by atoms with Crippen molar-refractivity contribution in [1.29, 1.82) is 0 Å². The maximum atomic E-state index is 15.7. The lowest BCUT2D eigenvalue weighted by molar-refractivity contribution is -0.137. The summed E-state index contributed by atoms with van der Waals surface area (Å²) in [4.78, 5) is 45.3. The minimum atomic E-state index is -0.993. The maximum absolute atomic E-state index is 15.7. The Bertz CT molecular complexity index is 1740. The lowest BCUT2D eigenvalue weighted by Crippen LogP contribution is -2.51. The molecule has 5 rings (SSSR count). The van der Waals surface area contributed by atoms with Gasteiger partial charge in [0.25, 0.3) is 11.8 Å². The van der Waals surface area contributed by atoms with E-state index in [4.69, 9.17) is 21.7 Å². The van der Waals surface area contributed by atoms with Crippen LogP contribution in [0.4, 0.5) is 8.78 Å². The number of nitrogens with one attached hydrogen (secondary N) is 1. The number of halogens is 3. The average molecular weight is 692 g/mol. The van der Waals surface area contributed by atoms with Gasteiger partial charge in [-0.2, -0.15) is 0 Å². The Labute approximate surface area is 291 Å². The zero-order chi connectivity index (χ0) is 35.5. The molecule has 1 saturated carbocycles. The number of aliphatic carboxylic acids is 1. The molecular weight excluding hydrogens is 648 g/mol. The van der Waals surface area contributed by atoms with Crippen molar-refractivity contribution in [3.8, 4) is 11.1 Å². The number of amides is 2. The topological polar surface area (TPSA) is 99.1 Å². The molecule has 3 aromatic carbocycles. The molecule has 1 atom stereocenters. The first kappa shape index (κ1) is 36.2. The third-order valence-electron chi connectivity index (χ3n) is 10.00. The fourth-order valence-electron chi connectivity index (χ4n) is 7.18. The molecule has 260 valence electrons. The van der Waals surface area contributed by atoms with E-state index < -0.39 is 23.3 Å². The normalized spacial score (nSPS) is 20.0. The zero-order valence-corrected chi connectivity index (χ0v) is 29.2. The highest BCUT2D eigenvalue weighted by Gasteiger charge is 2.52. The first-order valence-corrected chi connectivity index (χ1v) is 17.4. The number of carboxylic acid groups (broad SMARTS) is 1. The number of carbonyl (C=O) groups excluding carboxylic acids is 2. The van der Waals surface area contributed by atoms with Gasteiger partial charge in [-0.15, -0.1) is 0 Å². The summed E-state index contributed by atoms with van der Waals surface area (Å²) in [6.45, 7) is 8.83. The van der Waals surface area contributed by atoms with E-state index in [2.05, 4.69) is 33.0 Å². The van der Waals surface area contributed by atoms with Crippen LogP contribution in [-0.4, -0.2) is 45.7 Å². The van der Waals surface area contributed by atoms with Crippen LogP contribution in [-0.2, 0) is 9.59 Å². The number of benzene rings is 3. The van der Waals surface area contributed by atoms with E-state index in [0.29, 0.717) is 41.9 Å². The molecule has 2 N–H and O–H groups in total. The zero-order valence-electron chi connectivity index (χ0n) is 28.5. The number of rotatable bonds is 11. The second-order valence-corrected chi connectivity index (χ2v) is 14.7. The second-order valence-electron chi connectivity index (χ2n) is 14.3. The summed E-state index contributed by atoms with van der Waals surface area (Å²) in [5.41, 5.74) is 1.64. The summed E-state index contributed by atoms with van der Waals surface area (Å²) in [7, 11) is 0. The van der Waals surface area contributed by atoms with Gasteiger partial charge in [0.05, 0.1) is 17.5 Å². The van der Waals surface area contributed by atoms with Gasteiger partial charge in [0.2, 0.25) is 0 Å². The SMILES string of the molecule is CCCC[C@H](c1ccc(C(=O)NCCC(=O)O)cc1)N1C(=O)C(c2ccc(-c3ccc(Cl)c(F)c3)c(F)c2)=NC12CCC(C(C)(C)C)CC2. The molecule has 0 unspecified atom stereocenters. The third-order valence-corrected chi connectivity index (χ3v) is 10.3. The largest absolute Gasteiger partial charge is 0.481 e. The van der Waals surface area contributed by atoms with Crippen molar-refractivity contribution in [3.05, 3.63) is 94.0 Å². The highest BCUT2D eigenvalue weighted by molar-refractivity contribution is 6.46. The van der Waals surface area contributed by atoms with E-state index in [0.717, 1.165) is 31.2 Å². The van der Waals surface area contributed by atoms with Crippen LogP contribution in [0.2, 0.25) is 5.02 Å². The molecule has 1 aliphatic carbocycles. The van der Waals surface area contributed by atoms with E-state index in [-0.39, 0.29) is 52.5 Å². The monoisotopic (exact) mass is 691 g/mol. The molecule has 0 bridgehead atoms. The lowest BCUT2D eigenvalue weighted by atomic mass is 9.69. The Morgan fingerprint density at radius 3 is 2.27 bits per heavy atom. The third kappa shape index (κ3) is 7.88. The molecule has 2 amide bonds. The second kappa shape index (κ2) is 14.8. The minimum Gasteiger partial charge on any atom is -0.481 e. The van der Waals surface area contributed by atoms with Crippen LogP contribution in [0.5, 0.6) is 0 Å². The van der Waals surface area contributed by atoms with E-state index >= 15 is 4.39 Å². The predicted molar refractivity (Wildman–Crippen MR) is 188 cm³/mol. The summed E-state index contributed by atoms with van der Waals surface area (Å²) >= 11 is 5.84. The van der Waals surface area contributed by atoms with E-state index in [1.54, 1.807) is 30.3 Å². The van der Waals surface area contributed by atoms with E-state index in [1.165, 1.54) is 18.2 Å². The molecule has 1 aliphatic heterocycles. The number of aliphatic imine (C=N–C) groups is 1. The molecule has 0 saturated heterocycles. The van der Waals surface area contributed by atoms with Crippen molar-refractivity contribution in [1.82, 2.24) is 10.2 Å². The molecule has 2 aliphatic rings. The number of hydrogen-bond acceptors (Lipinski definition) is 4. The molecule has 49 heavy (non-hydrogen) atoms. The predicted octanol–water partition coefficient (Wildman–Crippen LogP) is 8.99. The highest BCUT2D eigenvalue weighted by atomic mass is 35.5. The summed E-state index contributed by atoms with van der Waals surface area (Å²) in [5.74, 6) is -2.42. The van der Waals surface area contributed by atoms with Crippen LogP contribution in [0.15, 0.2) is 65.7 Å². The maximum Gasteiger partial charge on any atom is 0.305 e. The van der Waals surface area contributed by atoms with Crippen LogP contribution < -0.4 is 5.32 Å². The Balaban J connectivity index is 1.51. The number of nitrogens with zero attached hydrogens (tertiary/aromatic N) is 2. The Hall–Kier alpha value is -4.11. The van der Waals surface area contributed by atoms with Gasteiger partial charge in [0, 0.05) is 23.2 Å². The van der Waals surface area contributed by atoms with Crippen LogP contribution in [0.25, 0.3) is 11.1 Å². The first-order valence-electron chi connectivity index (χ1n) is 17.0. The van der Waals surface area contributed by atoms with Gasteiger partial charge >= 0.3 is 5.97 Å². The number of carboxylic acids is 1. The summed E-state index contributed by atoms with van der Waals surface area (Å²) in [6.07, 6.45) is 5.37. The summed E-state index contributed by atoms with van der Waals surface area (Å²) in [5, 5.41) is 11.5. The van der Waals surface area contributed by atoms with Gasteiger partial charge in [-0.05, 0) is 84.9 Å². The van der Waals surface area contributed by atoms with Gasteiger partial charge in [0.1, 0.15) is 23.0 Å². The van der Waals surface area contributed by atoms with Gasteiger partial charge in [0.15, 0.2) is 0 Å². The molecule has 1 fully saturated rings. The highest BCUT2D eigenvalue weighted by Crippen LogP contribution is 2.50. The molecule has 0 aromatic heterocycles. The van der Waals surface area contributed by atoms with Crippen LogP contribution in [0, 0.1) is 23.0 Å². The molecule has 3 aromatic rings. The Morgan fingerprint density at radius 2 is 1.67 bits per heavy atom. The average Bonchev–Trinajstić information content (AvgIpc) is 3.33. The number of unbranched alkanes of at least 4 members (excludes halogenated alkanes) is 1. The van der Waals surface area contributed by atoms with Crippen molar-refractivity contribution < 1.29 is 28.3 Å². The number of carbonyl (C=O) groups is 3. The van der Waals surface area contributed by atoms with Crippen molar-refractivity contribution in [2.45, 2.75) is 90.8 Å². The summed E-state index contributed by atoms with van der Waals surface area (Å²) in [6, 6.07) is 15.4. The van der Waals surface area contributed by atoms with Gasteiger partial charge in [-0.25, -0.2) is 8.78 Å². The van der Waals surface area contributed by atoms with Crippen molar-refractivity contribution in [3.63, 3.8) is 0 Å². The van der Waals surface area contributed by atoms with Crippen LogP contribution in [0.1, 0.15) is 107 Å². The fraction of sp³-hybridized carbons (Fsp3) is 0.436. The minimum absolute atomic E-state index is 0.0215. The fourth-order valence-corrected chi connectivity index (χ4v) is 7.29. The molecular formula is C39H44ClF2N3O4. The van der Waals surface area contributed by atoms with Gasteiger partial charge < -0.3 is 15.3 Å². The van der Waals surface area contributed by atoms with Crippen molar-refractivity contribution in [2.75, 3.05) is 6.54 Å². The molecule has 1 heterocycles. The molecule has 1 spiro atoms. The van der Waals surface area contributed by atoms with Crippen LogP contribution in [0.3, 0.4) is 0 Å². The molecule has 0 radical (unpaired) electrons. The van der Waals surface area contributed by atoms with Gasteiger partial charge in [-0.1, -0.05) is 82.5 Å². The first-order chi connectivity index (χ1) is 23.2. The van der Waals surface area contributed by atoms with Crippen molar-refractivity contribution >= 4 is 35.1 Å². The standard InChI is InChI=1S/C39H44ClF2N3O4/c1-5-6-7-33(24-8-10-25(11-9-24)36(48)43-21-18-34(46)47)45-37(49)35(44-39(45)19-16-28(17-20-39)38(2,3)4)27-12-14-29(31(41)23-27)26-13-15-30(40)32(42)22-26/h8-15,22-23,28,33H,5-7,16-21H2,1-4H3,(H,43,48)(H,46,47)/t28?,33-,39?/m1/s1. The van der Waals surface area contributed by atoms with Gasteiger partial charge in [-0.3, -0.25) is 19.4 Å².